The van der Waals surface area contributed by atoms with E-state index in [1.54, 1.807) is 24.3 Å². The second kappa shape index (κ2) is 7.73. The van der Waals surface area contributed by atoms with Crippen molar-refractivity contribution in [3.05, 3.63) is 72.6 Å². The summed E-state index contributed by atoms with van der Waals surface area (Å²) in [5.74, 6) is -0.380. The summed E-state index contributed by atoms with van der Waals surface area (Å²) in [6, 6.07) is 13.6. The lowest BCUT2D eigenvalue weighted by molar-refractivity contribution is -0.274. The molecule has 0 aliphatic heterocycles. The summed E-state index contributed by atoms with van der Waals surface area (Å²) in [6.07, 6.45) is -2.08. The Morgan fingerprint density at radius 1 is 0.889 bits per heavy atom. The van der Waals surface area contributed by atoms with Gasteiger partial charge in [0.05, 0.1) is 18.1 Å². The number of rotatable bonds is 5. The Labute approximate surface area is 151 Å². The summed E-state index contributed by atoms with van der Waals surface area (Å²) in [5.41, 5.74) is 0.449. The number of nitrogens with zero attached hydrogens (tertiary/aromatic N) is 2. The van der Waals surface area contributed by atoms with Gasteiger partial charge in [0, 0.05) is 5.56 Å². The average molecular weight is 375 g/mol. The van der Waals surface area contributed by atoms with Gasteiger partial charge in [0.15, 0.2) is 0 Å². The number of para-hydroxylation sites is 1. The average Bonchev–Trinajstić information content (AvgIpc) is 2.63. The van der Waals surface area contributed by atoms with E-state index >= 15 is 0 Å². The summed E-state index contributed by atoms with van der Waals surface area (Å²) in [5, 5.41) is 2.53. The van der Waals surface area contributed by atoms with E-state index in [-0.39, 0.29) is 11.6 Å². The standard InChI is InChI=1S/C18H12F3N3O3/c19-18(20,21)27-15-8-6-12(7-9-15)16(25)24-13-10-22-17(23-11-13)26-14-4-2-1-3-5-14/h1-11H,(H,24,25). The fourth-order valence-corrected chi connectivity index (χ4v) is 2.04. The molecule has 9 heteroatoms. The molecule has 0 spiro atoms. The molecule has 3 aromatic rings. The van der Waals surface area contributed by atoms with E-state index < -0.39 is 18.0 Å². The molecule has 0 atom stereocenters. The Hall–Kier alpha value is -3.62. The van der Waals surface area contributed by atoms with Crippen LogP contribution >= 0.6 is 0 Å². The number of amides is 1. The third-order valence-electron chi connectivity index (χ3n) is 3.19. The van der Waals surface area contributed by atoms with Crippen molar-refractivity contribution in [2.75, 3.05) is 5.32 Å². The molecule has 138 valence electrons. The van der Waals surface area contributed by atoms with Gasteiger partial charge in [-0.25, -0.2) is 9.97 Å². The minimum Gasteiger partial charge on any atom is -0.424 e. The third kappa shape index (κ3) is 5.43. The van der Waals surface area contributed by atoms with Crippen LogP contribution in [0, 0.1) is 0 Å². The van der Waals surface area contributed by atoms with Crippen LogP contribution in [0.4, 0.5) is 18.9 Å². The molecule has 27 heavy (non-hydrogen) atoms. The Bertz CT molecular complexity index is 899. The molecule has 1 aromatic heterocycles. The number of hydrogen-bond donors (Lipinski definition) is 1. The number of benzene rings is 2. The highest BCUT2D eigenvalue weighted by Crippen LogP contribution is 2.23. The summed E-state index contributed by atoms with van der Waals surface area (Å²) < 4.78 is 45.6. The molecule has 0 bridgehead atoms. The van der Waals surface area contributed by atoms with Crippen molar-refractivity contribution in [2.24, 2.45) is 0 Å². The lowest BCUT2D eigenvalue weighted by Gasteiger charge is -2.09. The van der Waals surface area contributed by atoms with Crippen LogP contribution in [0.15, 0.2) is 67.0 Å². The maximum Gasteiger partial charge on any atom is 0.573 e. The number of carbonyl (C=O) groups is 1. The van der Waals surface area contributed by atoms with Crippen LogP contribution in [-0.4, -0.2) is 22.2 Å². The zero-order valence-electron chi connectivity index (χ0n) is 13.6. The SMILES string of the molecule is O=C(Nc1cnc(Oc2ccccc2)nc1)c1ccc(OC(F)(F)F)cc1. The zero-order valence-corrected chi connectivity index (χ0v) is 13.6. The molecule has 0 saturated carbocycles. The molecule has 6 nitrogen and oxygen atoms in total. The van der Waals surface area contributed by atoms with Gasteiger partial charge in [-0.2, -0.15) is 0 Å². The zero-order chi connectivity index (χ0) is 19.3. The van der Waals surface area contributed by atoms with Crippen molar-refractivity contribution in [1.82, 2.24) is 9.97 Å². The summed E-state index contributed by atoms with van der Waals surface area (Å²) in [4.78, 5) is 20.1. The normalized spacial score (nSPS) is 10.9. The van der Waals surface area contributed by atoms with Crippen LogP contribution in [0.3, 0.4) is 0 Å². The first-order chi connectivity index (χ1) is 12.9. The molecule has 1 amide bonds. The number of aromatic nitrogens is 2. The molecular weight excluding hydrogens is 363 g/mol. The maximum absolute atomic E-state index is 12.1. The predicted octanol–water partition coefficient (Wildman–Crippen LogP) is 4.42. The van der Waals surface area contributed by atoms with E-state index in [0.717, 1.165) is 12.1 Å². The van der Waals surface area contributed by atoms with Crippen LogP contribution in [0.2, 0.25) is 0 Å². The molecule has 0 fully saturated rings. The number of alkyl halides is 3. The number of ether oxygens (including phenoxy) is 2. The summed E-state index contributed by atoms with van der Waals surface area (Å²) in [6.45, 7) is 0. The lowest BCUT2D eigenvalue weighted by atomic mass is 10.2. The number of carbonyl (C=O) groups excluding carboxylic acids is 1. The molecule has 0 aliphatic rings. The van der Waals surface area contributed by atoms with Gasteiger partial charge >= 0.3 is 12.4 Å². The second-order valence-electron chi connectivity index (χ2n) is 5.20. The fraction of sp³-hybridized carbons (Fsp3) is 0.0556. The number of anilines is 1. The van der Waals surface area contributed by atoms with Crippen molar-refractivity contribution >= 4 is 11.6 Å². The van der Waals surface area contributed by atoms with Gasteiger partial charge in [-0.1, -0.05) is 18.2 Å². The highest BCUT2D eigenvalue weighted by atomic mass is 19.4. The first-order valence-corrected chi connectivity index (χ1v) is 7.61. The van der Waals surface area contributed by atoms with Gasteiger partial charge in [0.2, 0.25) is 0 Å². The van der Waals surface area contributed by atoms with E-state index in [1.807, 2.05) is 6.07 Å². The number of halogens is 3. The van der Waals surface area contributed by atoms with Crippen LogP contribution in [-0.2, 0) is 0 Å². The molecule has 0 unspecified atom stereocenters. The monoisotopic (exact) mass is 375 g/mol. The van der Waals surface area contributed by atoms with E-state index in [2.05, 4.69) is 20.0 Å². The summed E-state index contributed by atoms with van der Waals surface area (Å²) in [7, 11) is 0. The molecule has 3 rings (SSSR count). The van der Waals surface area contributed by atoms with E-state index in [9.17, 15) is 18.0 Å². The van der Waals surface area contributed by atoms with E-state index in [0.29, 0.717) is 11.4 Å². The molecule has 1 N–H and O–H groups in total. The van der Waals surface area contributed by atoms with Crippen LogP contribution < -0.4 is 14.8 Å². The maximum atomic E-state index is 12.1. The molecule has 1 heterocycles. The minimum absolute atomic E-state index is 0.104. The van der Waals surface area contributed by atoms with Gasteiger partial charge in [-0.15, -0.1) is 13.2 Å². The largest absolute Gasteiger partial charge is 0.573 e. The molecule has 0 saturated heterocycles. The third-order valence-corrected chi connectivity index (χ3v) is 3.19. The van der Waals surface area contributed by atoms with Crippen LogP contribution in [0.1, 0.15) is 10.4 Å². The quantitative estimate of drug-likeness (QED) is 0.715. The lowest BCUT2D eigenvalue weighted by Crippen LogP contribution is -2.17. The van der Waals surface area contributed by atoms with Crippen LogP contribution in [0.5, 0.6) is 17.5 Å². The Morgan fingerprint density at radius 3 is 2.11 bits per heavy atom. The molecule has 0 aliphatic carbocycles. The van der Waals surface area contributed by atoms with Crippen molar-refractivity contribution in [3.63, 3.8) is 0 Å². The Kier molecular flexibility index (Phi) is 5.20. The van der Waals surface area contributed by atoms with Gasteiger partial charge in [-0.05, 0) is 36.4 Å². The highest BCUT2D eigenvalue weighted by molar-refractivity contribution is 6.04. The van der Waals surface area contributed by atoms with E-state index in [1.165, 1.54) is 24.5 Å². The Balaban J connectivity index is 1.60. The predicted molar refractivity (Wildman–Crippen MR) is 89.6 cm³/mol. The number of nitrogens with one attached hydrogen (secondary N) is 1. The van der Waals surface area contributed by atoms with E-state index in [4.69, 9.17) is 4.74 Å². The first kappa shape index (κ1) is 18.2. The molecule has 0 radical (unpaired) electrons. The van der Waals surface area contributed by atoms with Gasteiger partial charge in [0.25, 0.3) is 5.91 Å². The van der Waals surface area contributed by atoms with Crippen LogP contribution in [0.25, 0.3) is 0 Å². The van der Waals surface area contributed by atoms with Crippen molar-refractivity contribution < 1.29 is 27.4 Å². The van der Waals surface area contributed by atoms with Crippen molar-refractivity contribution in [2.45, 2.75) is 6.36 Å². The molecular formula is C18H12F3N3O3. The first-order valence-electron chi connectivity index (χ1n) is 7.61. The fourth-order valence-electron chi connectivity index (χ4n) is 2.04. The minimum atomic E-state index is -4.79. The second-order valence-corrected chi connectivity index (χ2v) is 5.20. The Morgan fingerprint density at radius 2 is 1.52 bits per heavy atom. The molecule has 2 aromatic carbocycles. The smallest absolute Gasteiger partial charge is 0.424 e. The van der Waals surface area contributed by atoms with Gasteiger partial charge in [0.1, 0.15) is 11.5 Å². The highest BCUT2D eigenvalue weighted by Gasteiger charge is 2.31. The van der Waals surface area contributed by atoms with Crippen molar-refractivity contribution in [3.8, 4) is 17.5 Å². The van der Waals surface area contributed by atoms with Gasteiger partial charge in [-0.3, -0.25) is 4.79 Å². The number of hydrogen-bond acceptors (Lipinski definition) is 5. The topological polar surface area (TPSA) is 73.3 Å². The van der Waals surface area contributed by atoms with Gasteiger partial charge < -0.3 is 14.8 Å². The summed E-state index contributed by atoms with van der Waals surface area (Å²) >= 11 is 0. The van der Waals surface area contributed by atoms with Crippen molar-refractivity contribution in [1.29, 1.82) is 0 Å².